The molecule has 0 heterocycles. The summed E-state index contributed by atoms with van der Waals surface area (Å²) in [6.07, 6.45) is 1.61. The molecule has 0 saturated heterocycles. The summed E-state index contributed by atoms with van der Waals surface area (Å²) in [6, 6.07) is 17.9. The minimum Gasteiger partial charge on any atom is -0.489 e. The van der Waals surface area contributed by atoms with E-state index in [-0.39, 0.29) is 16.1 Å². The Balaban J connectivity index is 1.83. The highest BCUT2D eigenvalue weighted by Gasteiger charge is 2.24. The van der Waals surface area contributed by atoms with E-state index in [1.165, 1.54) is 49.5 Å². The minimum absolute atomic E-state index is 0.0892. The van der Waals surface area contributed by atoms with E-state index in [9.17, 15) is 17.6 Å². The van der Waals surface area contributed by atoms with Crippen LogP contribution in [-0.2, 0) is 10.0 Å². The Morgan fingerprint density at radius 3 is 2.58 bits per heavy atom. The van der Waals surface area contributed by atoms with Crippen molar-refractivity contribution in [3.63, 3.8) is 0 Å². The summed E-state index contributed by atoms with van der Waals surface area (Å²) in [7, 11) is -2.82. The van der Waals surface area contributed by atoms with Crippen molar-refractivity contribution in [2.75, 3.05) is 23.3 Å². The number of carbonyl (C=O) groups excluding carboxylic acids is 1. The number of halogens is 1. The van der Waals surface area contributed by atoms with Crippen LogP contribution >= 0.6 is 0 Å². The van der Waals surface area contributed by atoms with Crippen LogP contribution in [0.25, 0.3) is 0 Å². The van der Waals surface area contributed by atoms with E-state index in [1.807, 2.05) is 0 Å². The van der Waals surface area contributed by atoms with Gasteiger partial charge < -0.3 is 10.1 Å². The molecule has 0 radical (unpaired) electrons. The highest BCUT2D eigenvalue weighted by molar-refractivity contribution is 7.92. The Kier molecular flexibility index (Phi) is 6.71. The summed E-state index contributed by atoms with van der Waals surface area (Å²) in [5.74, 6) is -0.604. The Labute approximate surface area is 180 Å². The van der Waals surface area contributed by atoms with Crippen LogP contribution in [0.15, 0.2) is 90.3 Å². The lowest BCUT2D eigenvalue weighted by Crippen LogP contribution is -2.27. The predicted molar refractivity (Wildman–Crippen MR) is 119 cm³/mol. The van der Waals surface area contributed by atoms with Crippen LogP contribution in [0, 0.1) is 5.82 Å². The summed E-state index contributed by atoms with van der Waals surface area (Å²) < 4.78 is 46.3. The van der Waals surface area contributed by atoms with Gasteiger partial charge in [-0.1, -0.05) is 36.9 Å². The topological polar surface area (TPSA) is 75.7 Å². The molecule has 0 aliphatic rings. The lowest BCUT2D eigenvalue weighted by atomic mass is 10.2. The number of hydrogen-bond donors (Lipinski definition) is 1. The third kappa shape index (κ3) is 5.10. The molecule has 160 valence electrons. The van der Waals surface area contributed by atoms with Gasteiger partial charge in [0.2, 0.25) is 0 Å². The molecule has 1 amide bonds. The molecule has 3 aromatic carbocycles. The smallest absolute Gasteiger partial charge is 0.264 e. The maximum absolute atomic E-state index is 14.1. The molecule has 3 rings (SSSR count). The zero-order chi connectivity index (χ0) is 22.4. The number of hydrogen-bond acceptors (Lipinski definition) is 4. The van der Waals surface area contributed by atoms with Crippen molar-refractivity contribution in [3.8, 4) is 5.75 Å². The third-order valence-electron chi connectivity index (χ3n) is 4.41. The lowest BCUT2D eigenvalue weighted by molar-refractivity contribution is 0.102. The largest absolute Gasteiger partial charge is 0.489 e. The second kappa shape index (κ2) is 9.44. The number of nitrogens with one attached hydrogen (secondary N) is 1. The highest BCUT2D eigenvalue weighted by Crippen LogP contribution is 2.25. The van der Waals surface area contributed by atoms with Gasteiger partial charge in [0, 0.05) is 24.4 Å². The average Bonchev–Trinajstić information content (AvgIpc) is 2.78. The molecule has 6 nitrogen and oxygen atoms in total. The number of anilines is 2. The number of benzene rings is 3. The molecule has 1 N–H and O–H groups in total. The molecule has 0 fully saturated rings. The quantitative estimate of drug-likeness (QED) is 0.525. The molecular formula is C23H21FN2O4S. The van der Waals surface area contributed by atoms with Gasteiger partial charge in [0.1, 0.15) is 18.2 Å². The first-order chi connectivity index (χ1) is 14.8. The molecule has 0 spiro atoms. The Morgan fingerprint density at radius 2 is 1.84 bits per heavy atom. The van der Waals surface area contributed by atoms with Crippen LogP contribution in [0.5, 0.6) is 5.75 Å². The first-order valence-electron chi connectivity index (χ1n) is 9.31. The number of nitrogens with zero attached hydrogens (tertiary/aromatic N) is 1. The van der Waals surface area contributed by atoms with Gasteiger partial charge in [-0.05, 0) is 42.5 Å². The van der Waals surface area contributed by atoms with Crippen LogP contribution in [0.3, 0.4) is 0 Å². The minimum atomic E-state index is -4.08. The van der Waals surface area contributed by atoms with Crippen molar-refractivity contribution >= 4 is 27.3 Å². The summed E-state index contributed by atoms with van der Waals surface area (Å²) >= 11 is 0. The van der Waals surface area contributed by atoms with E-state index in [0.717, 1.165) is 4.31 Å². The van der Waals surface area contributed by atoms with Crippen molar-refractivity contribution in [2.45, 2.75) is 4.90 Å². The van der Waals surface area contributed by atoms with Crippen molar-refractivity contribution in [1.29, 1.82) is 0 Å². The van der Waals surface area contributed by atoms with Crippen molar-refractivity contribution < 1.29 is 22.3 Å². The zero-order valence-electron chi connectivity index (χ0n) is 16.8. The van der Waals surface area contributed by atoms with Gasteiger partial charge in [0.05, 0.1) is 10.6 Å². The Bertz CT molecular complexity index is 1210. The second-order valence-electron chi connectivity index (χ2n) is 6.53. The number of para-hydroxylation sites is 1. The molecule has 31 heavy (non-hydrogen) atoms. The van der Waals surface area contributed by atoms with Crippen LogP contribution in [0.2, 0.25) is 0 Å². The molecule has 0 aliphatic carbocycles. The molecule has 8 heteroatoms. The van der Waals surface area contributed by atoms with E-state index < -0.39 is 21.7 Å². The summed E-state index contributed by atoms with van der Waals surface area (Å²) in [5, 5.41) is 2.71. The SMILES string of the molecule is C=CCOc1cccc(NC(=O)c2cccc(S(=O)(=O)N(C)c3ccccc3F)c2)c1. The van der Waals surface area contributed by atoms with Gasteiger partial charge in [0.25, 0.3) is 15.9 Å². The normalized spacial score (nSPS) is 10.9. The molecule has 3 aromatic rings. The molecule has 0 unspecified atom stereocenters. The maximum Gasteiger partial charge on any atom is 0.264 e. The molecule has 0 bridgehead atoms. The summed E-state index contributed by atoms with van der Waals surface area (Å²) in [4.78, 5) is 12.5. The summed E-state index contributed by atoms with van der Waals surface area (Å²) in [6.45, 7) is 3.91. The first-order valence-corrected chi connectivity index (χ1v) is 10.8. The maximum atomic E-state index is 14.1. The van der Waals surface area contributed by atoms with Crippen LogP contribution in [-0.4, -0.2) is 28.0 Å². The summed E-state index contributed by atoms with van der Waals surface area (Å²) in [5.41, 5.74) is 0.539. The zero-order valence-corrected chi connectivity index (χ0v) is 17.6. The Hall–Kier alpha value is -3.65. The first kappa shape index (κ1) is 22.0. The monoisotopic (exact) mass is 440 g/mol. The predicted octanol–water partition coefficient (Wildman–Crippen LogP) is 4.47. The van der Waals surface area contributed by atoms with E-state index >= 15 is 0 Å². The van der Waals surface area contributed by atoms with Gasteiger partial charge >= 0.3 is 0 Å². The van der Waals surface area contributed by atoms with Crippen LogP contribution in [0.4, 0.5) is 15.8 Å². The van der Waals surface area contributed by atoms with Gasteiger partial charge in [0.15, 0.2) is 0 Å². The second-order valence-corrected chi connectivity index (χ2v) is 8.50. The van der Waals surface area contributed by atoms with Gasteiger partial charge in [-0.2, -0.15) is 0 Å². The number of amides is 1. The number of carbonyl (C=O) groups is 1. The van der Waals surface area contributed by atoms with E-state index in [2.05, 4.69) is 11.9 Å². The fourth-order valence-corrected chi connectivity index (χ4v) is 4.06. The average molecular weight is 440 g/mol. The fraction of sp³-hybridized carbons (Fsp3) is 0.0870. The van der Waals surface area contributed by atoms with Crippen molar-refractivity contribution in [1.82, 2.24) is 0 Å². The van der Waals surface area contributed by atoms with Gasteiger partial charge in [-0.3, -0.25) is 9.10 Å². The van der Waals surface area contributed by atoms with E-state index in [0.29, 0.717) is 18.0 Å². The van der Waals surface area contributed by atoms with E-state index in [4.69, 9.17) is 4.74 Å². The van der Waals surface area contributed by atoms with Gasteiger partial charge in [-0.15, -0.1) is 0 Å². The highest BCUT2D eigenvalue weighted by atomic mass is 32.2. The molecule has 0 atom stereocenters. The standard InChI is InChI=1S/C23H21FN2O4S/c1-3-14-30-19-10-7-9-18(16-19)25-23(27)17-8-6-11-20(15-17)31(28,29)26(2)22-13-5-4-12-21(22)24/h3-13,15-16H,1,14H2,2H3,(H,25,27). The number of sulfonamides is 1. The van der Waals surface area contributed by atoms with Crippen LogP contribution < -0.4 is 14.4 Å². The van der Waals surface area contributed by atoms with Crippen molar-refractivity contribution in [3.05, 3.63) is 96.8 Å². The van der Waals surface area contributed by atoms with E-state index in [1.54, 1.807) is 36.4 Å². The Morgan fingerprint density at radius 1 is 1.10 bits per heavy atom. The van der Waals surface area contributed by atoms with Crippen LogP contribution in [0.1, 0.15) is 10.4 Å². The molecule has 0 saturated carbocycles. The lowest BCUT2D eigenvalue weighted by Gasteiger charge is -2.20. The number of rotatable bonds is 8. The number of ether oxygens (including phenoxy) is 1. The molecular weight excluding hydrogens is 419 g/mol. The van der Waals surface area contributed by atoms with Gasteiger partial charge in [-0.25, -0.2) is 12.8 Å². The van der Waals surface area contributed by atoms with Crippen molar-refractivity contribution in [2.24, 2.45) is 0 Å². The molecule has 0 aromatic heterocycles. The fourth-order valence-electron chi connectivity index (χ4n) is 2.81. The third-order valence-corrected chi connectivity index (χ3v) is 6.17. The molecule has 0 aliphatic heterocycles.